The maximum atomic E-state index is 12.3. The van der Waals surface area contributed by atoms with Crippen LogP contribution in [0.2, 0.25) is 0 Å². The fourth-order valence-electron chi connectivity index (χ4n) is 3.07. The third-order valence-corrected chi connectivity index (χ3v) is 4.63. The molecule has 4 nitrogen and oxygen atoms in total. The summed E-state index contributed by atoms with van der Waals surface area (Å²) in [6.07, 6.45) is 3.40. The molecular weight excluding hydrogens is 262 g/mol. The van der Waals surface area contributed by atoms with Gasteiger partial charge in [-0.3, -0.25) is 9.89 Å². The predicted molar refractivity (Wildman–Crippen MR) is 81.2 cm³/mol. The number of hydrogen-bond acceptors (Lipinski definition) is 2. The monoisotopic (exact) mass is 281 g/mol. The van der Waals surface area contributed by atoms with Gasteiger partial charge in [-0.25, -0.2) is 0 Å². The lowest BCUT2D eigenvalue weighted by Gasteiger charge is -2.03. The lowest BCUT2D eigenvalue weighted by atomic mass is 10.1. The van der Waals surface area contributed by atoms with E-state index in [1.165, 1.54) is 24.1 Å². The molecule has 108 valence electrons. The number of hydrogen-bond donors (Lipinski definition) is 2. The molecule has 4 rings (SSSR count). The highest BCUT2D eigenvalue weighted by atomic mass is 16.2. The number of aromatic nitrogens is 2. The first kappa shape index (κ1) is 12.6. The number of H-pyrrole nitrogens is 1. The van der Waals surface area contributed by atoms with Crippen molar-refractivity contribution >= 4 is 11.7 Å². The minimum Gasteiger partial charge on any atom is -0.309 e. The zero-order valence-corrected chi connectivity index (χ0v) is 12.1. The Labute approximate surface area is 124 Å². The molecule has 1 aromatic carbocycles. The van der Waals surface area contributed by atoms with E-state index in [2.05, 4.69) is 27.6 Å². The van der Waals surface area contributed by atoms with Crippen molar-refractivity contribution in [3.05, 3.63) is 47.2 Å². The first-order chi connectivity index (χ1) is 10.2. The van der Waals surface area contributed by atoms with E-state index in [-0.39, 0.29) is 11.8 Å². The SMILES string of the molecule is Cc1c(NC(=O)C2CC2c2ccccc2)n[nH]c1C1CC1. The molecule has 1 aromatic heterocycles. The lowest BCUT2D eigenvalue weighted by Crippen LogP contribution is -2.15. The Bertz CT molecular complexity index is 673. The Balaban J connectivity index is 1.43. The smallest absolute Gasteiger partial charge is 0.229 e. The Morgan fingerprint density at radius 2 is 2.05 bits per heavy atom. The summed E-state index contributed by atoms with van der Waals surface area (Å²) in [6, 6.07) is 10.3. The van der Waals surface area contributed by atoms with Crippen molar-refractivity contribution in [1.29, 1.82) is 0 Å². The summed E-state index contributed by atoms with van der Waals surface area (Å²) in [5.74, 6) is 1.89. The lowest BCUT2D eigenvalue weighted by molar-refractivity contribution is -0.117. The second-order valence-electron chi connectivity index (χ2n) is 6.23. The molecule has 2 aliphatic carbocycles. The number of rotatable bonds is 4. The molecule has 0 aliphatic heterocycles. The number of carbonyl (C=O) groups excluding carboxylic acids is 1. The minimum atomic E-state index is 0.0906. The van der Waals surface area contributed by atoms with E-state index in [0.29, 0.717) is 17.7 Å². The van der Waals surface area contributed by atoms with Gasteiger partial charge in [0.2, 0.25) is 5.91 Å². The third kappa shape index (κ3) is 2.35. The van der Waals surface area contributed by atoms with E-state index in [9.17, 15) is 4.79 Å². The molecule has 0 saturated heterocycles. The van der Waals surface area contributed by atoms with Crippen LogP contribution in [0.4, 0.5) is 5.82 Å². The maximum absolute atomic E-state index is 12.3. The van der Waals surface area contributed by atoms with Crippen LogP contribution in [0.5, 0.6) is 0 Å². The molecule has 0 radical (unpaired) electrons. The van der Waals surface area contributed by atoms with Crippen molar-refractivity contribution in [2.45, 2.75) is 38.0 Å². The van der Waals surface area contributed by atoms with E-state index in [4.69, 9.17) is 0 Å². The van der Waals surface area contributed by atoms with Gasteiger partial charge in [0.05, 0.1) is 0 Å². The highest BCUT2D eigenvalue weighted by Crippen LogP contribution is 2.48. The quantitative estimate of drug-likeness (QED) is 0.903. The van der Waals surface area contributed by atoms with Gasteiger partial charge in [-0.2, -0.15) is 5.10 Å². The van der Waals surface area contributed by atoms with Crippen LogP contribution in [0.25, 0.3) is 0 Å². The molecule has 2 fully saturated rings. The number of nitrogens with zero attached hydrogens (tertiary/aromatic N) is 1. The van der Waals surface area contributed by atoms with Crippen LogP contribution in [-0.2, 0) is 4.79 Å². The molecule has 2 saturated carbocycles. The van der Waals surface area contributed by atoms with Gasteiger partial charge in [-0.05, 0) is 37.7 Å². The number of amides is 1. The molecule has 1 heterocycles. The molecule has 4 heteroatoms. The summed E-state index contributed by atoms with van der Waals surface area (Å²) < 4.78 is 0. The van der Waals surface area contributed by atoms with Crippen LogP contribution in [0.1, 0.15) is 47.9 Å². The number of benzene rings is 1. The molecule has 2 aliphatic rings. The molecule has 1 amide bonds. The average molecular weight is 281 g/mol. The Morgan fingerprint density at radius 3 is 2.76 bits per heavy atom. The van der Waals surface area contributed by atoms with E-state index in [0.717, 1.165) is 12.0 Å². The molecule has 2 aromatic rings. The molecule has 2 N–H and O–H groups in total. The molecule has 2 atom stereocenters. The van der Waals surface area contributed by atoms with E-state index in [1.54, 1.807) is 0 Å². The highest BCUT2D eigenvalue weighted by molar-refractivity contribution is 5.95. The largest absolute Gasteiger partial charge is 0.309 e. The van der Waals surface area contributed by atoms with Gasteiger partial charge in [0.1, 0.15) is 0 Å². The first-order valence-corrected chi connectivity index (χ1v) is 7.64. The van der Waals surface area contributed by atoms with E-state index >= 15 is 0 Å². The normalized spacial score (nSPS) is 23.9. The molecule has 0 bridgehead atoms. The number of nitrogens with one attached hydrogen (secondary N) is 2. The van der Waals surface area contributed by atoms with Crippen molar-refractivity contribution in [3.8, 4) is 0 Å². The Hall–Kier alpha value is -2.10. The summed E-state index contributed by atoms with van der Waals surface area (Å²) in [6.45, 7) is 2.04. The molecule has 0 spiro atoms. The van der Waals surface area contributed by atoms with Crippen LogP contribution in [0.15, 0.2) is 30.3 Å². The Kier molecular flexibility index (Phi) is 2.84. The highest BCUT2D eigenvalue weighted by Gasteiger charge is 2.44. The van der Waals surface area contributed by atoms with Crippen LogP contribution >= 0.6 is 0 Å². The van der Waals surface area contributed by atoms with Gasteiger partial charge in [0, 0.05) is 23.1 Å². The predicted octanol–water partition coefficient (Wildman–Crippen LogP) is 3.34. The first-order valence-electron chi connectivity index (χ1n) is 7.64. The van der Waals surface area contributed by atoms with Crippen molar-refractivity contribution in [3.63, 3.8) is 0 Å². The van der Waals surface area contributed by atoms with Gasteiger partial charge < -0.3 is 5.32 Å². The number of anilines is 1. The minimum absolute atomic E-state index is 0.0906. The number of carbonyl (C=O) groups is 1. The average Bonchev–Trinajstić information content (AvgIpc) is 3.41. The van der Waals surface area contributed by atoms with Crippen LogP contribution in [-0.4, -0.2) is 16.1 Å². The van der Waals surface area contributed by atoms with Crippen molar-refractivity contribution in [2.75, 3.05) is 5.32 Å². The second kappa shape index (κ2) is 4.72. The van der Waals surface area contributed by atoms with Crippen molar-refractivity contribution in [2.24, 2.45) is 5.92 Å². The van der Waals surface area contributed by atoms with Crippen molar-refractivity contribution < 1.29 is 4.79 Å². The standard InChI is InChI=1S/C17H19N3O/c1-10-15(12-7-8-12)19-20-16(10)18-17(21)14-9-13(14)11-5-3-2-4-6-11/h2-6,12-14H,7-9H2,1H3,(H2,18,19,20,21). The van der Waals surface area contributed by atoms with E-state index in [1.807, 2.05) is 25.1 Å². The molecule has 2 unspecified atom stereocenters. The van der Waals surface area contributed by atoms with Gasteiger partial charge >= 0.3 is 0 Å². The fourth-order valence-corrected chi connectivity index (χ4v) is 3.07. The van der Waals surface area contributed by atoms with Crippen molar-refractivity contribution in [1.82, 2.24) is 10.2 Å². The van der Waals surface area contributed by atoms with Crippen LogP contribution in [0, 0.1) is 12.8 Å². The Morgan fingerprint density at radius 1 is 1.29 bits per heavy atom. The summed E-state index contributed by atoms with van der Waals surface area (Å²) in [5, 5.41) is 10.3. The summed E-state index contributed by atoms with van der Waals surface area (Å²) in [7, 11) is 0. The second-order valence-corrected chi connectivity index (χ2v) is 6.23. The van der Waals surface area contributed by atoms with E-state index < -0.39 is 0 Å². The van der Waals surface area contributed by atoms with Crippen LogP contribution in [0.3, 0.4) is 0 Å². The number of aromatic amines is 1. The molecular formula is C17H19N3O. The fraction of sp³-hybridized carbons (Fsp3) is 0.412. The summed E-state index contributed by atoms with van der Waals surface area (Å²) >= 11 is 0. The summed E-state index contributed by atoms with van der Waals surface area (Å²) in [4.78, 5) is 12.3. The third-order valence-electron chi connectivity index (χ3n) is 4.63. The maximum Gasteiger partial charge on any atom is 0.229 e. The summed E-state index contributed by atoms with van der Waals surface area (Å²) in [5.41, 5.74) is 3.55. The molecule has 21 heavy (non-hydrogen) atoms. The van der Waals surface area contributed by atoms with Crippen LogP contribution < -0.4 is 5.32 Å². The van der Waals surface area contributed by atoms with Gasteiger partial charge in [-0.15, -0.1) is 0 Å². The topological polar surface area (TPSA) is 57.8 Å². The zero-order valence-electron chi connectivity index (χ0n) is 12.1. The van der Waals surface area contributed by atoms with Gasteiger partial charge in [-0.1, -0.05) is 30.3 Å². The zero-order chi connectivity index (χ0) is 14.4. The van der Waals surface area contributed by atoms with Gasteiger partial charge in [0.15, 0.2) is 5.82 Å². The van der Waals surface area contributed by atoms with Gasteiger partial charge in [0.25, 0.3) is 0 Å².